The maximum absolute atomic E-state index is 14.2. The summed E-state index contributed by atoms with van der Waals surface area (Å²) < 4.78 is 17.7. The molecular weight excluding hydrogens is 399 g/mol. The molecule has 0 saturated carbocycles. The van der Waals surface area contributed by atoms with Crippen molar-refractivity contribution >= 4 is 23.2 Å². The van der Waals surface area contributed by atoms with E-state index in [0.29, 0.717) is 11.1 Å². The Morgan fingerprint density at radius 1 is 0.806 bits per heavy atom. The quantitative estimate of drug-likeness (QED) is 0.607. The van der Waals surface area contributed by atoms with Gasteiger partial charge in [0.05, 0.1) is 23.5 Å². The summed E-state index contributed by atoms with van der Waals surface area (Å²) in [7, 11) is 0. The van der Waals surface area contributed by atoms with Gasteiger partial charge in [-0.2, -0.15) is 10.2 Å². The van der Waals surface area contributed by atoms with Crippen molar-refractivity contribution in [3.63, 3.8) is 0 Å². The van der Waals surface area contributed by atoms with Crippen LogP contribution in [0, 0.1) is 19.7 Å². The number of aromatic nitrogens is 4. The maximum Gasteiger partial charge on any atom is 0.259 e. The van der Waals surface area contributed by atoms with Crippen molar-refractivity contribution < 1.29 is 14.0 Å². The first-order chi connectivity index (χ1) is 14.6. The van der Waals surface area contributed by atoms with Crippen molar-refractivity contribution in [1.29, 1.82) is 0 Å². The van der Waals surface area contributed by atoms with Gasteiger partial charge in [0.15, 0.2) is 0 Å². The van der Waals surface area contributed by atoms with E-state index in [2.05, 4.69) is 20.8 Å². The van der Waals surface area contributed by atoms with E-state index in [1.165, 1.54) is 30.6 Å². The van der Waals surface area contributed by atoms with Crippen LogP contribution in [0.1, 0.15) is 71.9 Å². The van der Waals surface area contributed by atoms with Gasteiger partial charge in [-0.1, -0.05) is 0 Å². The van der Waals surface area contributed by atoms with Gasteiger partial charge in [-0.25, -0.2) is 4.39 Å². The first kappa shape index (κ1) is 22.2. The smallest absolute Gasteiger partial charge is 0.259 e. The Hall–Kier alpha value is -3.49. The van der Waals surface area contributed by atoms with E-state index in [4.69, 9.17) is 0 Å². The number of nitrogens with zero attached hydrogens (tertiary/aromatic N) is 4. The highest BCUT2D eigenvalue weighted by Crippen LogP contribution is 2.22. The molecule has 9 heteroatoms. The third-order valence-electron chi connectivity index (χ3n) is 4.97. The molecular formula is C22H27FN6O2. The number of amides is 2. The fraction of sp³-hybridized carbons (Fsp3) is 0.364. The molecule has 0 atom stereocenters. The Bertz CT molecular complexity index is 1040. The highest BCUT2D eigenvalue weighted by atomic mass is 19.1. The van der Waals surface area contributed by atoms with E-state index < -0.39 is 17.6 Å². The van der Waals surface area contributed by atoms with Crippen LogP contribution < -0.4 is 10.6 Å². The largest absolute Gasteiger partial charge is 0.322 e. The van der Waals surface area contributed by atoms with Gasteiger partial charge in [0.1, 0.15) is 5.82 Å². The van der Waals surface area contributed by atoms with Crippen molar-refractivity contribution in [3.05, 3.63) is 58.9 Å². The molecule has 2 amide bonds. The molecule has 164 valence electrons. The van der Waals surface area contributed by atoms with Crippen LogP contribution in [0.4, 0.5) is 15.8 Å². The average molecular weight is 426 g/mol. The Balaban J connectivity index is 1.79. The maximum atomic E-state index is 14.2. The van der Waals surface area contributed by atoms with Crippen molar-refractivity contribution in [2.24, 2.45) is 0 Å². The minimum atomic E-state index is -0.586. The van der Waals surface area contributed by atoms with Gasteiger partial charge in [-0.15, -0.1) is 0 Å². The van der Waals surface area contributed by atoms with Crippen LogP contribution in [0.3, 0.4) is 0 Å². The molecule has 0 unspecified atom stereocenters. The Kier molecular flexibility index (Phi) is 6.24. The van der Waals surface area contributed by atoms with Gasteiger partial charge in [0, 0.05) is 34.8 Å². The van der Waals surface area contributed by atoms with Crippen molar-refractivity contribution in [1.82, 2.24) is 19.6 Å². The van der Waals surface area contributed by atoms with E-state index in [1.807, 2.05) is 27.7 Å². The molecule has 2 N–H and O–H groups in total. The minimum Gasteiger partial charge on any atom is -0.322 e. The Labute approximate surface area is 180 Å². The fourth-order valence-electron chi connectivity index (χ4n) is 3.46. The number of halogens is 1. The van der Waals surface area contributed by atoms with Gasteiger partial charge >= 0.3 is 0 Å². The van der Waals surface area contributed by atoms with Gasteiger partial charge in [-0.3, -0.25) is 19.0 Å². The van der Waals surface area contributed by atoms with Crippen LogP contribution in [0.2, 0.25) is 0 Å². The third-order valence-corrected chi connectivity index (χ3v) is 4.97. The molecule has 2 heterocycles. The number of carbonyl (C=O) groups is 2. The number of rotatable bonds is 6. The summed E-state index contributed by atoms with van der Waals surface area (Å²) in [5, 5.41) is 13.8. The van der Waals surface area contributed by atoms with Crippen LogP contribution in [0.25, 0.3) is 0 Å². The van der Waals surface area contributed by atoms with Crippen molar-refractivity contribution in [3.8, 4) is 0 Å². The summed E-state index contributed by atoms with van der Waals surface area (Å²) in [6.07, 6.45) is 2.98. The predicted molar refractivity (Wildman–Crippen MR) is 117 cm³/mol. The van der Waals surface area contributed by atoms with Crippen molar-refractivity contribution in [2.75, 3.05) is 10.6 Å². The summed E-state index contributed by atoms with van der Waals surface area (Å²) in [4.78, 5) is 25.3. The van der Waals surface area contributed by atoms with Crippen LogP contribution in [0.5, 0.6) is 0 Å². The van der Waals surface area contributed by atoms with Crippen LogP contribution >= 0.6 is 0 Å². The zero-order valence-electron chi connectivity index (χ0n) is 18.5. The first-order valence-electron chi connectivity index (χ1n) is 10.1. The lowest BCUT2D eigenvalue weighted by atomic mass is 10.2. The third kappa shape index (κ3) is 4.65. The fourth-order valence-corrected chi connectivity index (χ4v) is 3.46. The number of benzene rings is 1. The number of anilines is 2. The van der Waals surface area contributed by atoms with Gasteiger partial charge in [0.2, 0.25) is 0 Å². The van der Waals surface area contributed by atoms with Crippen LogP contribution in [0.15, 0.2) is 30.6 Å². The number of nitrogens with one attached hydrogen (secondary N) is 2. The molecule has 0 radical (unpaired) electrons. The second-order valence-corrected chi connectivity index (χ2v) is 8.00. The molecule has 8 nitrogen and oxygen atoms in total. The lowest BCUT2D eigenvalue weighted by molar-refractivity contribution is 0.101. The van der Waals surface area contributed by atoms with Gasteiger partial charge in [0.25, 0.3) is 11.8 Å². The second-order valence-electron chi connectivity index (χ2n) is 8.00. The van der Waals surface area contributed by atoms with Crippen molar-refractivity contribution in [2.45, 2.75) is 53.6 Å². The molecule has 3 rings (SSSR count). The molecule has 0 bridgehead atoms. The molecule has 2 aromatic heterocycles. The van der Waals surface area contributed by atoms with E-state index in [9.17, 15) is 14.0 Å². The second kappa shape index (κ2) is 8.71. The molecule has 0 fully saturated rings. The zero-order chi connectivity index (χ0) is 22.9. The Morgan fingerprint density at radius 2 is 1.19 bits per heavy atom. The topological polar surface area (TPSA) is 93.8 Å². The molecule has 0 spiro atoms. The van der Waals surface area contributed by atoms with E-state index in [0.717, 1.165) is 11.4 Å². The standard InChI is InChI=1S/C22H27FN6O2/c1-12(2)28-14(5)19(10-24-28)21(30)26-17-7-16(23)8-18(9-17)27-22(31)20-11-25-29(13(3)4)15(20)6/h7-13H,1-6H3,(H,26,30)(H,27,31). The lowest BCUT2D eigenvalue weighted by Gasteiger charge is -2.11. The molecule has 3 aromatic rings. The highest BCUT2D eigenvalue weighted by molar-refractivity contribution is 6.07. The summed E-state index contributed by atoms with van der Waals surface area (Å²) >= 11 is 0. The number of hydrogen-bond donors (Lipinski definition) is 2. The van der Waals surface area contributed by atoms with Gasteiger partial charge < -0.3 is 10.6 Å². The van der Waals surface area contributed by atoms with E-state index in [-0.39, 0.29) is 23.5 Å². The van der Waals surface area contributed by atoms with Gasteiger partial charge in [-0.05, 0) is 59.7 Å². The SMILES string of the molecule is Cc1c(C(=O)Nc2cc(F)cc(NC(=O)c3cnn(C(C)C)c3C)c2)cnn1C(C)C. The van der Waals surface area contributed by atoms with Crippen LogP contribution in [-0.4, -0.2) is 31.4 Å². The first-order valence-corrected chi connectivity index (χ1v) is 10.1. The average Bonchev–Trinajstić information content (AvgIpc) is 3.24. The molecule has 0 aliphatic heterocycles. The van der Waals surface area contributed by atoms with E-state index in [1.54, 1.807) is 23.2 Å². The number of carbonyl (C=O) groups excluding carboxylic acids is 2. The summed E-state index contributed by atoms with van der Waals surface area (Å²) in [5.41, 5.74) is 2.70. The van der Waals surface area contributed by atoms with E-state index >= 15 is 0 Å². The predicted octanol–water partition coefficient (Wildman–Crippen LogP) is 4.50. The molecule has 0 aliphatic carbocycles. The summed E-state index contributed by atoms with van der Waals surface area (Å²) in [6.45, 7) is 11.5. The number of hydrogen-bond acceptors (Lipinski definition) is 4. The monoisotopic (exact) mass is 426 g/mol. The summed E-state index contributed by atoms with van der Waals surface area (Å²) in [5.74, 6) is -1.39. The molecule has 31 heavy (non-hydrogen) atoms. The Morgan fingerprint density at radius 3 is 1.52 bits per heavy atom. The van der Waals surface area contributed by atoms with Crippen LogP contribution in [-0.2, 0) is 0 Å². The lowest BCUT2D eigenvalue weighted by Crippen LogP contribution is -2.16. The highest BCUT2D eigenvalue weighted by Gasteiger charge is 2.18. The zero-order valence-corrected chi connectivity index (χ0v) is 18.5. The molecule has 1 aromatic carbocycles. The minimum absolute atomic E-state index is 0.112. The summed E-state index contributed by atoms with van der Waals surface area (Å²) in [6, 6.07) is 4.11. The molecule has 0 aliphatic rings. The normalized spacial score (nSPS) is 11.3. The molecule has 0 saturated heterocycles.